The Labute approximate surface area is 158 Å². The van der Waals surface area contributed by atoms with E-state index < -0.39 is 11.9 Å². The molecule has 2 aromatic carbocycles. The number of ether oxygens (including phenoxy) is 2. The second-order valence-electron chi connectivity index (χ2n) is 7.78. The second kappa shape index (κ2) is 6.44. The van der Waals surface area contributed by atoms with Crippen molar-refractivity contribution in [2.45, 2.75) is 37.3 Å². The van der Waals surface area contributed by atoms with Gasteiger partial charge < -0.3 is 19.9 Å². The Bertz CT molecular complexity index is 850. The van der Waals surface area contributed by atoms with Gasteiger partial charge in [-0.2, -0.15) is 0 Å². The van der Waals surface area contributed by atoms with E-state index in [1.807, 2.05) is 54.6 Å². The van der Waals surface area contributed by atoms with Crippen LogP contribution in [0.5, 0.6) is 0 Å². The Morgan fingerprint density at radius 3 is 2.63 bits per heavy atom. The molecule has 2 aliphatic heterocycles. The molecule has 0 bridgehead atoms. The molecule has 0 radical (unpaired) electrons. The molecule has 5 heteroatoms. The number of benzene rings is 2. The highest BCUT2D eigenvalue weighted by Crippen LogP contribution is 2.48. The first-order valence-corrected chi connectivity index (χ1v) is 9.63. The summed E-state index contributed by atoms with van der Waals surface area (Å²) in [7, 11) is 0. The third-order valence-corrected chi connectivity index (χ3v) is 5.91. The van der Waals surface area contributed by atoms with Crippen molar-refractivity contribution in [3.05, 3.63) is 65.7 Å². The van der Waals surface area contributed by atoms with Crippen molar-refractivity contribution in [1.29, 1.82) is 0 Å². The van der Waals surface area contributed by atoms with E-state index in [0.717, 1.165) is 23.2 Å². The Morgan fingerprint density at radius 2 is 1.85 bits per heavy atom. The summed E-state index contributed by atoms with van der Waals surface area (Å²) in [6, 6.07) is 17.1. The summed E-state index contributed by atoms with van der Waals surface area (Å²) >= 11 is 0. The molecular weight excluding hydrogens is 342 g/mol. The number of aliphatic hydroxyl groups excluding tert-OH is 1. The van der Waals surface area contributed by atoms with Gasteiger partial charge in [0.05, 0.1) is 24.5 Å². The van der Waals surface area contributed by atoms with Gasteiger partial charge in [-0.1, -0.05) is 61.4 Å². The van der Waals surface area contributed by atoms with Crippen LogP contribution in [0.4, 0.5) is 5.69 Å². The Kier molecular flexibility index (Phi) is 4.04. The van der Waals surface area contributed by atoms with E-state index in [2.05, 4.69) is 5.32 Å². The normalized spacial score (nSPS) is 30.8. The minimum Gasteiger partial charge on any atom is -0.388 e. The van der Waals surface area contributed by atoms with Crippen LogP contribution in [0.15, 0.2) is 54.6 Å². The third kappa shape index (κ3) is 2.87. The second-order valence-corrected chi connectivity index (χ2v) is 7.78. The van der Waals surface area contributed by atoms with Gasteiger partial charge in [-0.3, -0.25) is 4.79 Å². The number of carbonyl (C=O) groups excluding carboxylic acids is 1. The summed E-state index contributed by atoms with van der Waals surface area (Å²) in [5.41, 5.74) is 2.31. The van der Waals surface area contributed by atoms with Crippen molar-refractivity contribution in [3.8, 4) is 0 Å². The maximum atomic E-state index is 12.8. The highest BCUT2D eigenvalue weighted by Gasteiger charge is 2.56. The molecule has 5 nitrogen and oxygen atoms in total. The van der Waals surface area contributed by atoms with E-state index in [4.69, 9.17) is 9.47 Å². The summed E-state index contributed by atoms with van der Waals surface area (Å²) in [5.74, 6) is -1.28. The number of hydrogen-bond acceptors (Lipinski definition) is 4. The lowest BCUT2D eigenvalue weighted by Crippen LogP contribution is -2.52. The standard InChI is InChI=1S/C22H23NO4/c24-20(15-6-2-1-3-7-15)16-13-26-22(27-19(16)12-14-10-11-14)17-8-4-5-9-18(17)23-21(22)25/h1-9,14,16,19-20,24H,10-13H2,(H,23,25)/t16?,19?,20?,22-/m1/s1. The van der Waals surface area contributed by atoms with Gasteiger partial charge in [0, 0.05) is 11.5 Å². The molecule has 5 rings (SSSR count). The fourth-order valence-electron chi connectivity index (χ4n) is 4.22. The topological polar surface area (TPSA) is 67.8 Å². The van der Waals surface area contributed by atoms with Crippen LogP contribution in [0.3, 0.4) is 0 Å². The zero-order valence-corrected chi connectivity index (χ0v) is 15.0. The lowest BCUT2D eigenvalue weighted by atomic mass is 9.87. The van der Waals surface area contributed by atoms with E-state index >= 15 is 0 Å². The number of rotatable bonds is 4. The Hall–Kier alpha value is -2.21. The van der Waals surface area contributed by atoms with E-state index in [1.165, 1.54) is 12.8 Å². The van der Waals surface area contributed by atoms with Gasteiger partial charge in [0.25, 0.3) is 11.7 Å². The van der Waals surface area contributed by atoms with Crippen LogP contribution in [-0.2, 0) is 20.1 Å². The molecule has 2 N–H and O–H groups in total. The molecule has 3 unspecified atom stereocenters. The van der Waals surface area contributed by atoms with Gasteiger partial charge in [-0.05, 0) is 24.0 Å². The van der Waals surface area contributed by atoms with Crippen LogP contribution >= 0.6 is 0 Å². The molecule has 4 atom stereocenters. The van der Waals surface area contributed by atoms with Gasteiger partial charge in [0.15, 0.2) is 0 Å². The van der Waals surface area contributed by atoms with E-state index in [-0.39, 0.29) is 24.5 Å². The number of hydrogen-bond donors (Lipinski definition) is 2. The average Bonchev–Trinajstić information content (AvgIpc) is 3.48. The number of carbonyl (C=O) groups is 1. The molecule has 3 aliphatic rings. The first kappa shape index (κ1) is 16.9. The lowest BCUT2D eigenvalue weighted by Gasteiger charge is -2.43. The number of nitrogens with one attached hydrogen (secondary N) is 1. The Morgan fingerprint density at radius 1 is 1.11 bits per heavy atom. The lowest BCUT2D eigenvalue weighted by molar-refractivity contribution is -0.308. The predicted octanol–water partition coefficient (Wildman–Crippen LogP) is 3.36. The molecule has 2 fully saturated rings. The molecule has 27 heavy (non-hydrogen) atoms. The van der Waals surface area contributed by atoms with Crippen molar-refractivity contribution >= 4 is 11.6 Å². The summed E-state index contributed by atoms with van der Waals surface area (Å²) in [4.78, 5) is 12.8. The summed E-state index contributed by atoms with van der Waals surface area (Å²) < 4.78 is 12.4. The quantitative estimate of drug-likeness (QED) is 0.872. The van der Waals surface area contributed by atoms with Gasteiger partial charge in [0.1, 0.15) is 0 Å². The summed E-state index contributed by atoms with van der Waals surface area (Å²) in [6.45, 7) is 0.273. The van der Waals surface area contributed by atoms with Gasteiger partial charge >= 0.3 is 0 Å². The maximum absolute atomic E-state index is 12.8. The van der Waals surface area contributed by atoms with Crippen molar-refractivity contribution in [1.82, 2.24) is 0 Å². The monoisotopic (exact) mass is 365 g/mol. The maximum Gasteiger partial charge on any atom is 0.289 e. The zero-order chi connectivity index (χ0) is 18.4. The minimum atomic E-state index is -1.40. The summed E-state index contributed by atoms with van der Waals surface area (Å²) in [6.07, 6.45) is 2.29. The molecule has 2 heterocycles. The SMILES string of the molecule is O=C1Nc2ccccc2[C@]12OCC(C(O)c1ccccc1)C(CC1CC1)O2. The number of para-hydroxylation sites is 1. The first-order valence-electron chi connectivity index (χ1n) is 9.63. The molecule has 1 aliphatic carbocycles. The van der Waals surface area contributed by atoms with Gasteiger partial charge in [-0.25, -0.2) is 0 Å². The number of anilines is 1. The molecule has 140 valence electrons. The van der Waals surface area contributed by atoms with Crippen molar-refractivity contribution in [3.63, 3.8) is 0 Å². The number of amides is 1. The fourth-order valence-corrected chi connectivity index (χ4v) is 4.22. The largest absolute Gasteiger partial charge is 0.388 e. The van der Waals surface area contributed by atoms with Crippen molar-refractivity contribution in [2.75, 3.05) is 11.9 Å². The van der Waals surface area contributed by atoms with Gasteiger partial charge in [0.2, 0.25) is 0 Å². The van der Waals surface area contributed by atoms with Crippen LogP contribution in [0.1, 0.15) is 36.5 Å². The predicted molar refractivity (Wildman–Crippen MR) is 99.8 cm³/mol. The highest BCUT2D eigenvalue weighted by atomic mass is 16.7. The molecule has 0 aromatic heterocycles. The number of fused-ring (bicyclic) bond motifs is 2. The van der Waals surface area contributed by atoms with Crippen LogP contribution < -0.4 is 5.32 Å². The first-order chi connectivity index (χ1) is 13.2. The van der Waals surface area contributed by atoms with Crippen LogP contribution in [0.25, 0.3) is 0 Å². The van der Waals surface area contributed by atoms with Crippen LogP contribution in [-0.4, -0.2) is 23.7 Å². The fraction of sp³-hybridized carbons (Fsp3) is 0.409. The van der Waals surface area contributed by atoms with E-state index in [9.17, 15) is 9.90 Å². The zero-order valence-electron chi connectivity index (χ0n) is 15.0. The number of aliphatic hydroxyl groups is 1. The van der Waals surface area contributed by atoms with Crippen LogP contribution in [0.2, 0.25) is 0 Å². The molecule has 1 amide bonds. The van der Waals surface area contributed by atoms with Gasteiger partial charge in [-0.15, -0.1) is 0 Å². The molecule has 2 aromatic rings. The summed E-state index contributed by atoms with van der Waals surface area (Å²) in [5, 5.41) is 13.9. The average molecular weight is 365 g/mol. The Balaban J connectivity index is 1.46. The van der Waals surface area contributed by atoms with E-state index in [0.29, 0.717) is 5.92 Å². The van der Waals surface area contributed by atoms with Crippen molar-refractivity contribution < 1.29 is 19.4 Å². The molecule has 1 saturated heterocycles. The smallest absolute Gasteiger partial charge is 0.289 e. The van der Waals surface area contributed by atoms with Crippen molar-refractivity contribution in [2.24, 2.45) is 11.8 Å². The molecular formula is C22H23NO4. The molecule has 1 spiro atoms. The molecule has 1 saturated carbocycles. The highest BCUT2D eigenvalue weighted by molar-refractivity contribution is 6.04. The van der Waals surface area contributed by atoms with E-state index in [1.54, 1.807) is 0 Å². The van der Waals surface area contributed by atoms with Crippen LogP contribution in [0, 0.1) is 11.8 Å². The minimum absolute atomic E-state index is 0.209. The third-order valence-electron chi connectivity index (χ3n) is 5.91.